The third-order valence-electron chi connectivity index (χ3n) is 10.9. The van der Waals surface area contributed by atoms with E-state index in [9.17, 15) is 0 Å². The number of ether oxygens (including phenoxy) is 2. The lowest BCUT2D eigenvalue weighted by Gasteiger charge is -2.32. The maximum atomic E-state index is 7.20. The van der Waals surface area contributed by atoms with Crippen LogP contribution < -0.4 is 9.80 Å². The van der Waals surface area contributed by atoms with E-state index in [2.05, 4.69) is 135 Å². The molecule has 4 aromatic carbocycles. The Morgan fingerprint density at radius 1 is 0.750 bits per heavy atom. The summed E-state index contributed by atoms with van der Waals surface area (Å²) in [5, 5.41) is 6.09. The summed E-state index contributed by atoms with van der Waals surface area (Å²) in [5.41, 5.74) is 8.78. The van der Waals surface area contributed by atoms with E-state index < -0.39 is 0 Å². The van der Waals surface area contributed by atoms with Gasteiger partial charge in [0.1, 0.15) is 0 Å². The van der Waals surface area contributed by atoms with Gasteiger partial charge in [0, 0.05) is 60.2 Å². The van der Waals surface area contributed by atoms with Crippen LogP contribution in [-0.4, -0.2) is 46.6 Å². The van der Waals surface area contributed by atoms with Gasteiger partial charge in [0.25, 0.3) is 0 Å². The summed E-state index contributed by atoms with van der Waals surface area (Å²) in [4.78, 5) is 4.96. The summed E-state index contributed by atoms with van der Waals surface area (Å²) in [5.74, 6) is 0. The van der Waals surface area contributed by atoms with E-state index in [0.29, 0.717) is 13.2 Å². The molecule has 0 saturated carbocycles. The summed E-state index contributed by atoms with van der Waals surface area (Å²) >= 11 is 7.20. The van der Waals surface area contributed by atoms with Crippen LogP contribution in [0.4, 0.5) is 11.4 Å². The van der Waals surface area contributed by atoms with Gasteiger partial charge in [-0.1, -0.05) is 118 Å². The maximum Gasteiger partial charge on any atom is 0.0642 e. The number of rotatable bonds is 9. The molecule has 1 atom stereocenters. The van der Waals surface area contributed by atoms with Gasteiger partial charge in [-0.2, -0.15) is 0 Å². The molecule has 4 nitrogen and oxygen atoms in total. The Morgan fingerprint density at radius 3 is 2.06 bits per heavy atom. The predicted molar refractivity (Wildman–Crippen MR) is 204 cm³/mol. The van der Waals surface area contributed by atoms with Crippen molar-refractivity contribution in [1.29, 1.82) is 0 Å². The Balaban J connectivity index is 1.22. The molecule has 2 aliphatic heterocycles. The highest BCUT2D eigenvalue weighted by Crippen LogP contribution is 2.52. The minimum atomic E-state index is -0.169. The van der Waals surface area contributed by atoms with Crippen molar-refractivity contribution in [2.75, 3.05) is 50.3 Å². The Kier molecular flexibility index (Phi) is 8.78. The summed E-state index contributed by atoms with van der Waals surface area (Å²) in [6.45, 7) is 12.4. The van der Waals surface area contributed by atoms with E-state index in [4.69, 9.17) is 21.1 Å². The van der Waals surface area contributed by atoms with Crippen LogP contribution in [-0.2, 0) is 20.3 Å². The molecule has 3 aliphatic rings. The molecule has 0 fully saturated rings. The smallest absolute Gasteiger partial charge is 0.0642 e. The van der Waals surface area contributed by atoms with Crippen LogP contribution in [0.1, 0.15) is 51.7 Å². The van der Waals surface area contributed by atoms with Gasteiger partial charge in [-0.15, -0.1) is 0 Å². The van der Waals surface area contributed by atoms with Crippen molar-refractivity contribution in [2.24, 2.45) is 0 Å². The number of hydrogen-bond acceptors (Lipinski definition) is 4. The zero-order valence-electron chi connectivity index (χ0n) is 29.1. The quantitative estimate of drug-likeness (QED) is 0.179. The lowest BCUT2D eigenvalue weighted by Crippen LogP contribution is -2.41. The third kappa shape index (κ3) is 5.39. The topological polar surface area (TPSA) is 24.9 Å². The molecule has 5 heteroatoms. The molecule has 0 spiro atoms. The van der Waals surface area contributed by atoms with Gasteiger partial charge >= 0.3 is 0 Å². The monoisotopic (exact) mass is 658 g/mol. The van der Waals surface area contributed by atoms with E-state index in [1.807, 2.05) is 0 Å². The summed E-state index contributed by atoms with van der Waals surface area (Å²) in [7, 11) is 3.56. The number of nitrogens with zero attached hydrogens (tertiary/aromatic N) is 2. The maximum absolute atomic E-state index is 7.20. The molecule has 1 unspecified atom stereocenters. The summed E-state index contributed by atoms with van der Waals surface area (Å²) in [6, 6.07) is 26.7. The van der Waals surface area contributed by atoms with Crippen LogP contribution in [0.2, 0.25) is 0 Å². The number of benzene rings is 4. The van der Waals surface area contributed by atoms with Crippen molar-refractivity contribution < 1.29 is 9.47 Å². The minimum Gasteiger partial charge on any atom is -0.383 e. The highest BCUT2D eigenvalue weighted by Gasteiger charge is 2.44. The second kappa shape index (κ2) is 12.9. The van der Waals surface area contributed by atoms with Crippen molar-refractivity contribution in [3.63, 3.8) is 0 Å². The van der Waals surface area contributed by atoms with E-state index >= 15 is 0 Å². The number of fused-ring (bicyclic) bond motifs is 6. The first-order valence-corrected chi connectivity index (χ1v) is 17.6. The van der Waals surface area contributed by atoms with Crippen LogP contribution in [0, 0.1) is 0 Å². The first-order valence-electron chi connectivity index (χ1n) is 17.2. The average Bonchev–Trinajstić information content (AvgIpc) is 3.63. The van der Waals surface area contributed by atoms with Crippen molar-refractivity contribution in [1.82, 2.24) is 0 Å². The van der Waals surface area contributed by atoms with Crippen LogP contribution in [0.15, 0.2) is 119 Å². The molecule has 48 heavy (non-hydrogen) atoms. The molecule has 0 N–H and O–H groups in total. The van der Waals surface area contributed by atoms with Gasteiger partial charge in [0.2, 0.25) is 0 Å². The molecule has 0 bridgehead atoms. The van der Waals surface area contributed by atoms with Crippen LogP contribution in [0.5, 0.6) is 0 Å². The van der Waals surface area contributed by atoms with Crippen LogP contribution in [0.3, 0.4) is 0 Å². The van der Waals surface area contributed by atoms with E-state index in [1.54, 1.807) is 14.2 Å². The fourth-order valence-corrected chi connectivity index (χ4v) is 8.83. The molecule has 0 aromatic heterocycles. The van der Waals surface area contributed by atoms with Crippen molar-refractivity contribution in [3.8, 4) is 0 Å². The molecular formula is C43H47ClN2O2. The SMILES string of the molecule is COCCN1/C(=C/C=C2\CCC(/C=C/C3N(CCOC)c4ccc5ccccc5c4C3(C)C)=C2Cl)C(C)(C)c2c1ccc1ccccc21. The molecule has 0 saturated heterocycles. The number of methoxy groups -OCH3 is 2. The lowest BCUT2D eigenvalue weighted by atomic mass is 9.78. The van der Waals surface area contributed by atoms with Crippen LogP contribution >= 0.6 is 11.6 Å². The number of halogens is 1. The highest BCUT2D eigenvalue weighted by molar-refractivity contribution is 6.33. The summed E-state index contributed by atoms with van der Waals surface area (Å²) < 4.78 is 11.1. The van der Waals surface area contributed by atoms with E-state index in [-0.39, 0.29) is 16.9 Å². The number of allylic oxidation sites excluding steroid dienone is 7. The van der Waals surface area contributed by atoms with Crippen molar-refractivity contribution in [2.45, 2.75) is 57.4 Å². The van der Waals surface area contributed by atoms with E-state index in [1.165, 1.54) is 60.9 Å². The zero-order chi connectivity index (χ0) is 33.6. The van der Waals surface area contributed by atoms with Crippen molar-refractivity contribution >= 4 is 44.5 Å². The van der Waals surface area contributed by atoms with Gasteiger partial charge < -0.3 is 19.3 Å². The first kappa shape index (κ1) is 32.7. The second-order valence-corrected chi connectivity index (χ2v) is 14.8. The van der Waals surface area contributed by atoms with Gasteiger partial charge in [-0.3, -0.25) is 0 Å². The largest absolute Gasteiger partial charge is 0.383 e. The second-order valence-electron chi connectivity index (χ2n) is 14.4. The number of anilines is 2. The van der Waals surface area contributed by atoms with Gasteiger partial charge in [0.05, 0.1) is 19.3 Å². The molecular weight excluding hydrogens is 612 g/mol. The van der Waals surface area contributed by atoms with Gasteiger partial charge in [-0.05, 0) is 74.9 Å². The highest BCUT2D eigenvalue weighted by atomic mass is 35.5. The fourth-order valence-electron chi connectivity index (χ4n) is 8.51. The molecule has 2 heterocycles. The Bertz CT molecular complexity index is 2000. The zero-order valence-corrected chi connectivity index (χ0v) is 29.9. The van der Waals surface area contributed by atoms with Gasteiger partial charge in [0.15, 0.2) is 0 Å². The summed E-state index contributed by atoms with van der Waals surface area (Å²) in [6.07, 6.45) is 11.1. The molecule has 1 aliphatic carbocycles. The molecule has 4 aromatic rings. The number of hydrogen-bond donors (Lipinski definition) is 0. The van der Waals surface area contributed by atoms with E-state index in [0.717, 1.165) is 31.0 Å². The molecule has 0 radical (unpaired) electrons. The Morgan fingerprint density at radius 2 is 1.38 bits per heavy atom. The normalized spacial score (nSPS) is 21.5. The third-order valence-corrected chi connectivity index (χ3v) is 11.4. The standard InChI is InChI=1S/C43H47ClN2O2/c1-42(2)37(45(25-27-47-5)35-21-17-29-11-7-9-13-33(29)39(35)42)23-19-31-15-16-32(41(31)44)20-24-38-43(3,4)40-34-14-10-8-12-30(34)18-22-36(40)46(38)26-28-48-6/h7-14,17-24,37H,15-16,25-28H2,1-6H3/b23-19+,32-20+,38-24+. The molecule has 0 amide bonds. The van der Waals surface area contributed by atoms with Gasteiger partial charge in [-0.25, -0.2) is 0 Å². The average molecular weight is 659 g/mol. The predicted octanol–water partition coefficient (Wildman–Crippen LogP) is 10.2. The Hall–Kier alpha value is -3.83. The Labute approximate surface area is 291 Å². The first-order chi connectivity index (χ1) is 23.2. The van der Waals surface area contributed by atoms with Crippen LogP contribution in [0.25, 0.3) is 21.5 Å². The molecule has 7 rings (SSSR count). The minimum absolute atomic E-state index is 0.0892. The lowest BCUT2D eigenvalue weighted by molar-refractivity contribution is 0.203. The van der Waals surface area contributed by atoms with Crippen molar-refractivity contribution in [3.05, 3.63) is 130 Å². The fraction of sp³-hybridized carbons (Fsp3) is 0.349. The molecule has 248 valence electrons.